The Morgan fingerprint density at radius 3 is 2.10 bits per heavy atom. The molecule has 3 rings (SSSR count). The van der Waals surface area contributed by atoms with Gasteiger partial charge in [-0.2, -0.15) is 0 Å². The Labute approximate surface area is 347 Å². The summed E-state index contributed by atoms with van der Waals surface area (Å²) in [6.07, 6.45) is 24.0. The Morgan fingerprint density at radius 1 is 0.931 bits per heavy atom. The average Bonchev–Trinajstić information content (AvgIpc) is 3.18. The number of carbonyl (C=O) groups is 2. The molecule has 2 heterocycles. The second-order valence-electron chi connectivity index (χ2n) is 16.1. The molecule has 0 aliphatic carbocycles. The van der Waals surface area contributed by atoms with Gasteiger partial charge in [0.15, 0.2) is 0 Å². The van der Waals surface area contributed by atoms with E-state index in [1.54, 1.807) is 6.08 Å². The van der Waals surface area contributed by atoms with Gasteiger partial charge in [0.2, 0.25) is 27.8 Å². The number of unbranched alkanes of at least 4 members (excludes halogenated alkanes) is 11. The molecule has 3 N–H and O–H groups in total. The highest BCUT2D eigenvalue weighted by Crippen LogP contribution is 2.32. The van der Waals surface area contributed by atoms with Gasteiger partial charge in [-0.1, -0.05) is 96.4 Å². The summed E-state index contributed by atoms with van der Waals surface area (Å²) in [6.45, 7) is 7.21. The van der Waals surface area contributed by atoms with Gasteiger partial charge in [0.25, 0.3) is 0 Å². The van der Waals surface area contributed by atoms with Gasteiger partial charge in [0, 0.05) is 50.1 Å². The molecule has 2 unspecified atom stereocenters. The first-order valence-corrected chi connectivity index (χ1v) is 23.4. The number of piperidine rings is 1. The number of hydrogen-bond donors (Lipinski definition) is 3. The molecule has 1 saturated heterocycles. The first kappa shape index (κ1) is 48.7. The lowest BCUT2D eigenvalue weighted by atomic mass is 9.97. The van der Waals surface area contributed by atoms with Crippen LogP contribution in [0.5, 0.6) is 0 Å². The Hall–Kier alpha value is -3.68. The summed E-state index contributed by atoms with van der Waals surface area (Å²) >= 11 is 0. The Bertz CT molecular complexity index is 1710. The van der Waals surface area contributed by atoms with Gasteiger partial charge >= 0.3 is 0 Å². The number of nitrogens with zero attached hydrogens (tertiary/aromatic N) is 4. The summed E-state index contributed by atoms with van der Waals surface area (Å²) < 4.78 is 39.4. The third-order valence-corrected chi connectivity index (χ3v) is 11.9. The number of nitrogens with one attached hydrogen (secondary N) is 1. The number of rotatable bonds is 26. The van der Waals surface area contributed by atoms with Crippen LogP contribution in [0.2, 0.25) is 0 Å². The maximum absolute atomic E-state index is 13.8. The van der Waals surface area contributed by atoms with Crippen molar-refractivity contribution in [3.63, 3.8) is 0 Å². The number of halogens is 1. The van der Waals surface area contributed by atoms with Crippen LogP contribution >= 0.6 is 0 Å². The normalized spacial score (nSPS) is 15.1. The molecule has 324 valence electrons. The second-order valence-corrected chi connectivity index (χ2v) is 18.2. The summed E-state index contributed by atoms with van der Waals surface area (Å²) in [5.41, 5.74) is 1.90. The SMILES string of the molecule is CCCCCCCCC=CCCCCCCCC(=O)N1CCC(NC(=O)CC(O)CC(O)C=Cc2c(-c3ccc(F)cc3)nc(N(C)S(C)(=O)=O)nc2C(C)C)CC1. The van der Waals surface area contributed by atoms with Crippen LogP contribution in [-0.2, 0) is 19.6 Å². The maximum Gasteiger partial charge on any atom is 0.239 e. The van der Waals surface area contributed by atoms with Crippen molar-refractivity contribution in [3.8, 4) is 11.3 Å². The fourth-order valence-corrected chi connectivity index (χ4v) is 7.50. The predicted octanol–water partition coefficient (Wildman–Crippen LogP) is 8.46. The Kier molecular flexibility index (Phi) is 21.6. The molecule has 58 heavy (non-hydrogen) atoms. The number of hydrogen-bond acceptors (Lipinski definition) is 8. The molecule has 13 heteroatoms. The van der Waals surface area contributed by atoms with Gasteiger partial charge in [0.1, 0.15) is 5.82 Å². The lowest BCUT2D eigenvalue weighted by Gasteiger charge is -2.32. The summed E-state index contributed by atoms with van der Waals surface area (Å²) in [6, 6.07) is 5.53. The van der Waals surface area contributed by atoms with Gasteiger partial charge in [-0.3, -0.25) is 9.59 Å². The molecule has 1 aliphatic heterocycles. The molecule has 11 nitrogen and oxygen atoms in total. The molecular formula is C45H70FN5O6S. The van der Waals surface area contributed by atoms with E-state index < -0.39 is 28.0 Å². The minimum Gasteiger partial charge on any atom is -0.392 e. The minimum atomic E-state index is -3.68. The zero-order valence-corrected chi connectivity index (χ0v) is 36.5. The smallest absolute Gasteiger partial charge is 0.239 e. The summed E-state index contributed by atoms with van der Waals surface area (Å²) in [5, 5.41) is 24.5. The molecule has 2 aromatic rings. The molecule has 0 saturated carbocycles. The number of allylic oxidation sites excluding steroid dienone is 2. The van der Waals surface area contributed by atoms with E-state index in [1.807, 2.05) is 18.7 Å². The standard InChI is InChI=1S/C45H70FN5O6S/c1-6-7-8-9-10-11-12-13-14-15-16-17-18-19-20-21-42(55)51-30-28-37(29-31-51)47-41(54)33-39(53)32-38(52)26-27-40-43(34(2)3)48-45(50(4)58(5,56)57)49-44(40)35-22-24-36(46)25-23-35/h13-14,22-27,34,37-39,52-53H,6-12,15-21,28-33H2,1-5H3,(H,47,54). The van der Waals surface area contributed by atoms with Crippen molar-refractivity contribution < 1.29 is 32.6 Å². The van der Waals surface area contributed by atoms with E-state index in [0.29, 0.717) is 54.9 Å². The van der Waals surface area contributed by atoms with Crippen molar-refractivity contribution >= 4 is 33.9 Å². The molecule has 2 amide bonds. The highest BCUT2D eigenvalue weighted by molar-refractivity contribution is 7.92. The van der Waals surface area contributed by atoms with Gasteiger partial charge in [-0.15, -0.1) is 0 Å². The number of amides is 2. The van der Waals surface area contributed by atoms with Crippen molar-refractivity contribution in [1.82, 2.24) is 20.2 Å². The Balaban J connectivity index is 1.39. The second kappa shape index (κ2) is 25.7. The molecule has 0 spiro atoms. The molecule has 1 aromatic carbocycles. The van der Waals surface area contributed by atoms with Crippen LogP contribution in [0.3, 0.4) is 0 Å². The van der Waals surface area contributed by atoms with Gasteiger partial charge in [-0.25, -0.2) is 27.1 Å². The van der Waals surface area contributed by atoms with Crippen molar-refractivity contribution in [2.75, 3.05) is 30.7 Å². The molecule has 0 radical (unpaired) electrons. The van der Waals surface area contributed by atoms with Crippen LogP contribution in [0, 0.1) is 5.82 Å². The van der Waals surface area contributed by atoms with E-state index in [0.717, 1.165) is 36.2 Å². The monoisotopic (exact) mass is 828 g/mol. The lowest BCUT2D eigenvalue weighted by molar-refractivity contribution is -0.132. The zero-order chi connectivity index (χ0) is 42.5. The quantitative estimate of drug-likeness (QED) is 0.0631. The number of aromatic nitrogens is 2. The van der Waals surface area contributed by atoms with Gasteiger partial charge in [-0.05, 0) is 75.1 Å². The molecular weight excluding hydrogens is 758 g/mol. The highest BCUT2D eigenvalue weighted by Gasteiger charge is 2.25. The molecule has 1 aliphatic rings. The average molecular weight is 828 g/mol. The minimum absolute atomic E-state index is 0.0457. The highest BCUT2D eigenvalue weighted by atomic mass is 32.2. The number of likely N-dealkylation sites (tertiary alicyclic amines) is 1. The Morgan fingerprint density at radius 2 is 1.52 bits per heavy atom. The number of carbonyl (C=O) groups excluding carboxylic acids is 2. The van der Waals surface area contributed by atoms with Crippen LogP contribution in [0.4, 0.5) is 10.3 Å². The van der Waals surface area contributed by atoms with E-state index in [-0.39, 0.29) is 42.6 Å². The van der Waals surface area contributed by atoms with Crippen LogP contribution in [0.25, 0.3) is 17.3 Å². The van der Waals surface area contributed by atoms with Crippen molar-refractivity contribution in [3.05, 3.63) is 59.6 Å². The summed E-state index contributed by atoms with van der Waals surface area (Å²) in [5.74, 6) is -0.811. The predicted molar refractivity (Wildman–Crippen MR) is 232 cm³/mol. The number of benzene rings is 1. The van der Waals surface area contributed by atoms with E-state index in [2.05, 4.69) is 34.4 Å². The zero-order valence-electron chi connectivity index (χ0n) is 35.7. The molecule has 2 atom stereocenters. The van der Waals surface area contributed by atoms with E-state index in [1.165, 1.54) is 95.2 Å². The number of anilines is 1. The van der Waals surface area contributed by atoms with Crippen LogP contribution in [0.1, 0.15) is 154 Å². The van der Waals surface area contributed by atoms with E-state index in [4.69, 9.17) is 0 Å². The van der Waals surface area contributed by atoms with Gasteiger partial charge in [0.05, 0.1) is 36.3 Å². The number of aliphatic hydroxyl groups excluding tert-OH is 2. The molecule has 0 bridgehead atoms. The number of sulfonamides is 1. The first-order chi connectivity index (χ1) is 27.7. The topological polar surface area (TPSA) is 153 Å². The number of aliphatic hydroxyl groups is 2. The van der Waals surface area contributed by atoms with E-state index in [9.17, 15) is 32.6 Å². The summed E-state index contributed by atoms with van der Waals surface area (Å²) in [4.78, 5) is 36.6. The van der Waals surface area contributed by atoms with Crippen LogP contribution in [-0.4, -0.2) is 90.0 Å². The van der Waals surface area contributed by atoms with Crippen molar-refractivity contribution in [1.29, 1.82) is 0 Å². The summed E-state index contributed by atoms with van der Waals surface area (Å²) in [7, 11) is -2.33. The van der Waals surface area contributed by atoms with Crippen LogP contribution in [0.15, 0.2) is 42.5 Å². The van der Waals surface area contributed by atoms with E-state index >= 15 is 0 Å². The maximum atomic E-state index is 13.8. The molecule has 1 aromatic heterocycles. The third-order valence-electron chi connectivity index (χ3n) is 10.7. The molecule has 1 fully saturated rings. The largest absolute Gasteiger partial charge is 0.392 e. The van der Waals surface area contributed by atoms with Gasteiger partial charge < -0.3 is 20.4 Å². The fourth-order valence-electron chi connectivity index (χ4n) is 7.12. The third kappa shape index (κ3) is 17.7. The first-order valence-electron chi connectivity index (χ1n) is 21.6. The van der Waals surface area contributed by atoms with Crippen molar-refractivity contribution in [2.24, 2.45) is 0 Å². The fraction of sp³-hybridized carbons (Fsp3) is 0.644. The lowest BCUT2D eigenvalue weighted by Crippen LogP contribution is -2.47. The van der Waals surface area contributed by atoms with Crippen LogP contribution < -0.4 is 9.62 Å². The van der Waals surface area contributed by atoms with Crippen molar-refractivity contribution in [2.45, 2.75) is 161 Å².